The molecule has 1 saturated heterocycles. The van der Waals surface area contributed by atoms with Crippen LogP contribution < -0.4 is 16.0 Å². The van der Waals surface area contributed by atoms with Crippen LogP contribution in [0.2, 0.25) is 0 Å². The summed E-state index contributed by atoms with van der Waals surface area (Å²) in [4.78, 5) is 23.6. The zero-order valence-corrected chi connectivity index (χ0v) is 12.2. The molecule has 2 heterocycles. The van der Waals surface area contributed by atoms with Gasteiger partial charge in [0.2, 0.25) is 11.8 Å². The summed E-state index contributed by atoms with van der Waals surface area (Å²) < 4.78 is 0. The zero-order chi connectivity index (χ0) is 14.8. The smallest absolute Gasteiger partial charge is 0.228 e. The minimum absolute atomic E-state index is 0.0344. The number of carbonyl (C=O) groups is 2. The third-order valence-corrected chi connectivity index (χ3v) is 4.28. The number of piperidine rings is 1. The molecule has 2 aliphatic rings. The van der Waals surface area contributed by atoms with Gasteiger partial charge >= 0.3 is 0 Å². The summed E-state index contributed by atoms with van der Waals surface area (Å²) in [6.07, 6.45) is 2.43. The second-order valence-corrected chi connectivity index (χ2v) is 5.92. The molecule has 5 nitrogen and oxygen atoms in total. The van der Waals surface area contributed by atoms with Crippen molar-refractivity contribution in [1.82, 2.24) is 10.6 Å². The standard InChI is InChI=1S/C16H21N3O2/c1-10(18-16(21)12-3-2-6-17-9-12)11-4-5-14-13(7-11)8-15(20)19-14/h4-5,7,10,12,17H,2-3,6,8-9H2,1H3,(H,18,21)(H,19,20). The van der Waals surface area contributed by atoms with Crippen LogP contribution in [0.15, 0.2) is 18.2 Å². The van der Waals surface area contributed by atoms with Gasteiger partial charge in [0.05, 0.1) is 18.4 Å². The molecular weight excluding hydrogens is 266 g/mol. The van der Waals surface area contributed by atoms with Gasteiger partial charge in [-0.05, 0) is 43.5 Å². The summed E-state index contributed by atoms with van der Waals surface area (Å²) in [5.41, 5.74) is 2.94. The Morgan fingerprint density at radius 3 is 3.05 bits per heavy atom. The van der Waals surface area contributed by atoms with Gasteiger partial charge in [0.15, 0.2) is 0 Å². The second kappa shape index (κ2) is 5.85. The Morgan fingerprint density at radius 2 is 2.29 bits per heavy atom. The van der Waals surface area contributed by atoms with E-state index in [0.29, 0.717) is 6.42 Å². The van der Waals surface area contributed by atoms with Gasteiger partial charge in [0.25, 0.3) is 0 Å². The summed E-state index contributed by atoms with van der Waals surface area (Å²) in [5.74, 6) is 0.218. The fourth-order valence-corrected chi connectivity index (χ4v) is 3.01. The molecule has 0 aliphatic carbocycles. The van der Waals surface area contributed by atoms with E-state index in [2.05, 4.69) is 16.0 Å². The molecule has 1 aromatic rings. The van der Waals surface area contributed by atoms with Gasteiger partial charge in [0.1, 0.15) is 0 Å². The highest BCUT2D eigenvalue weighted by atomic mass is 16.2. The number of benzene rings is 1. The lowest BCUT2D eigenvalue weighted by Gasteiger charge is -2.24. The third-order valence-electron chi connectivity index (χ3n) is 4.28. The SMILES string of the molecule is CC(NC(=O)C1CCCNC1)c1ccc2c(c1)CC(=O)N2. The van der Waals surface area contributed by atoms with Gasteiger partial charge in [-0.3, -0.25) is 9.59 Å². The summed E-state index contributed by atoms with van der Waals surface area (Å²) in [6.45, 7) is 3.76. The van der Waals surface area contributed by atoms with Crippen molar-refractivity contribution in [3.8, 4) is 0 Å². The average Bonchev–Trinajstić information content (AvgIpc) is 2.87. The van der Waals surface area contributed by atoms with Crippen molar-refractivity contribution in [3.63, 3.8) is 0 Å². The molecule has 3 rings (SSSR count). The van der Waals surface area contributed by atoms with Crippen molar-refractivity contribution in [2.45, 2.75) is 32.2 Å². The number of nitrogens with one attached hydrogen (secondary N) is 3. The Balaban J connectivity index is 1.65. The Morgan fingerprint density at radius 1 is 1.43 bits per heavy atom. The number of rotatable bonds is 3. The monoisotopic (exact) mass is 287 g/mol. The van der Waals surface area contributed by atoms with Gasteiger partial charge < -0.3 is 16.0 Å². The quantitative estimate of drug-likeness (QED) is 0.786. The van der Waals surface area contributed by atoms with Crippen molar-refractivity contribution < 1.29 is 9.59 Å². The minimum atomic E-state index is -0.0413. The van der Waals surface area contributed by atoms with Crippen LogP contribution in [0.3, 0.4) is 0 Å². The van der Waals surface area contributed by atoms with Gasteiger partial charge in [-0.1, -0.05) is 12.1 Å². The maximum atomic E-state index is 12.3. The number of hydrogen-bond acceptors (Lipinski definition) is 3. The normalized spacial score (nSPS) is 22.3. The third kappa shape index (κ3) is 3.08. The molecule has 0 radical (unpaired) electrons. The van der Waals surface area contributed by atoms with E-state index in [9.17, 15) is 9.59 Å². The molecule has 1 fully saturated rings. The molecule has 0 spiro atoms. The maximum Gasteiger partial charge on any atom is 0.228 e. The lowest BCUT2D eigenvalue weighted by Crippen LogP contribution is -2.41. The Kier molecular flexibility index (Phi) is 3.92. The molecule has 21 heavy (non-hydrogen) atoms. The van der Waals surface area contributed by atoms with E-state index in [-0.39, 0.29) is 23.8 Å². The molecule has 3 N–H and O–H groups in total. The minimum Gasteiger partial charge on any atom is -0.349 e. The summed E-state index contributed by atoms with van der Waals surface area (Å²) in [6, 6.07) is 5.85. The fourth-order valence-electron chi connectivity index (χ4n) is 3.01. The molecule has 0 aromatic heterocycles. The van der Waals surface area contributed by atoms with E-state index in [1.807, 2.05) is 25.1 Å². The maximum absolute atomic E-state index is 12.3. The van der Waals surface area contributed by atoms with Crippen LogP contribution in [0.25, 0.3) is 0 Å². The van der Waals surface area contributed by atoms with Gasteiger partial charge in [-0.15, -0.1) is 0 Å². The summed E-state index contributed by atoms with van der Waals surface area (Å²) in [7, 11) is 0. The van der Waals surface area contributed by atoms with Crippen LogP contribution >= 0.6 is 0 Å². The molecular formula is C16H21N3O2. The first-order chi connectivity index (χ1) is 10.1. The van der Waals surface area contributed by atoms with E-state index < -0.39 is 0 Å². The lowest BCUT2D eigenvalue weighted by atomic mass is 9.97. The summed E-state index contributed by atoms with van der Waals surface area (Å²) in [5, 5.41) is 9.17. The van der Waals surface area contributed by atoms with E-state index in [1.165, 1.54) is 0 Å². The zero-order valence-electron chi connectivity index (χ0n) is 12.2. The molecule has 1 aromatic carbocycles. The van der Waals surface area contributed by atoms with E-state index in [4.69, 9.17) is 0 Å². The van der Waals surface area contributed by atoms with Crippen molar-refractivity contribution >= 4 is 17.5 Å². The van der Waals surface area contributed by atoms with Crippen LogP contribution in [-0.4, -0.2) is 24.9 Å². The largest absolute Gasteiger partial charge is 0.349 e. The summed E-state index contributed by atoms with van der Waals surface area (Å²) >= 11 is 0. The van der Waals surface area contributed by atoms with Crippen LogP contribution in [0.5, 0.6) is 0 Å². The molecule has 2 aliphatic heterocycles. The molecule has 112 valence electrons. The topological polar surface area (TPSA) is 70.2 Å². The van der Waals surface area contributed by atoms with Crippen molar-refractivity contribution in [3.05, 3.63) is 29.3 Å². The lowest BCUT2D eigenvalue weighted by molar-refractivity contribution is -0.126. The Hall–Kier alpha value is -1.88. The van der Waals surface area contributed by atoms with Gasteiger partial charge in [-0.25, -0.2) is 0 Å². The number of anilines is 1. The first-order valence-electron chi connectivity index (χ1n) is 7.57. The first kappa shape index (κ1) is 14.1. The highest BCUT2D eigenvalue weighted by Crippen LogP contribution is 2.26. The highest BCUT2D eigenvalue weighted by Gasteiger charge is 2.23. The number of carbonyl (C=O) groups excluding carboxylic acids is 2. The van der Waals surface area contributed by atoms with E-state index >= 15 is 0 Å². The Bertz CT molecular complexity index is 565. The van der Waals surface area contributed by atoms with Gasteiger partial charge in [-0.2, -0.15) is 0 Å². The van der Waals surface area contributed by atoms with E-state index in [1.54, 1.807) is 0 Å². The van der Waals surface area contributed by atoms with Crippen molar-refractivity contribution in [1.29, 1.82) is 0 Å². The van der Waals surface area contributed by atoms with E-state index in [0.717, 1.165) is 42.7 Å². The average molecular weight is 287 g/mol. The number of fused-ring (bicyclic) bond motifs is 1. The molecule has 5 heteroatoms. The highest BCUT2D eigenvalue weighted by molar-refractivity contribution is 5.99. The molecule has 2 amide bonds. The Labute approximate surface area is 124 Å². The number of hydrogen-bond donors (Lipinski definition) is 3. The molecule has 0 bridgehead atoms. The van der Waals surface area contributed by atoms with Crippen LogP contribution in [0.1, 0.15) is 36.9 Å². The predicted octanol–water partition coefficient (Wildman–Crippen LogP) is 1.36. The second-order valence-electron chi connectivity index (χ2n) is 5.92. The molecule has 0 saturated carbocycles. The molecule has 2 unspecified atom stereocenters. The van der Waals surface area contributed by atoms with Crippen molar-refractivity contribution in [2.75, 3.05) is 18.4 Å². The first-order valence-corrected chi connectivity index (χ1v) is 7.57. The van der Waals surface area contributed by atoms with Crippen LogP contribution in [0.4, 0.5) is 5.69 Å². The van der Waals surface area contributed by atoms with Crippen LogP contribution in [0, 0.1) is 5.92 Å². The predicted molar refractivity (Wildman–Crippen MR) is 80.9 cm³/mol. The molecule has 2 atom stereocenters. The number of amides is 2. The van der Waals surface area contributed by atoms with Crippen molar-refractivity contribution in [2.24, 2.45) is 5.92 Å². The fraction of sp³-hybridized carbons (Fsp3) is 0.500. The van der Waals surface area contributed by atoms with Gasteiger partial charge in [0, 0.05) is 12.2 Å². The van der Waals surface area contributed by atoms with Crippen LogP contribution in [-0.2, 0) is 16.0 Å².